The van der Waals surface area contributed by atoms with Gasteiger partial charge in [0.2, 0.25) is 0 Å². The van der Waals surface area contributed by atoms with Crippen LogP contribution in [0.4, 0.5) is 0 Å². The number of aromatic amines is 1. The third-order valence-corrected chi connectivity index (χ3v) is 12.1. The normalized spacial score (nSPS) is 8.90. The lowest BCUT2D eigenvalue weighted by atomic mass is 10.1. The van der Waals surface area contributed by atoms with Crippen LogP contribution in [-0.4, -0.2) is 38.8 Å². The molecular formula is C74H138N8O5S3. The molecule has 9 aromatic heterocycles. The molecule has 90 heavy (non-hydrogen) atoms. The van der Waals surface area contributed by atoms with Gasteiger partial charge in [-0.2, -0.15) is 9.47 Å². The molecule has 0 amide bonds. The first-order chi connectivity index (χ1) is 43.2. The Morgan fingerprint density at radius 3 is 1.16 bits per heavy atom. The maximum Gasteiger partial charge on any atom is 0.139 e. The molecule has 522 valence electrons. The van der Waals surface area contributed by atoms with Gasteiger partial charge in [-0.1, -0.05) is 265 Å². The second-order valence-electron chi connectivity index (χ2n) is 19.1. The molecule has 13 nitrogen and oxygen atoms in total. The van der Waals surface area contributed by atoms with Crippen LogP contribution in [0, 0.1) is 0 Å². The van der Waals surface area contributed by atoms with E-state index in [1.807, 2.05) is 179 Å². The van der Waals surface area contributed by atoms with E-state index in [2.05, 4.69) is 190 Å². The summed E-state index contributed by atoms with van der Waals surface area (Å²) < 4.78 is 36.2. The molecule has 16 heteroatoms. The zero-order valence-corrected chi connectivity index (χ0v) is 66.6. The van der Waals surface area contributed by atoms with Gasteiger partial charge in [0, 0.05) is 69.5 Å². The van der Waals surface area contributed by atoms with Crippen molar-refractivity contribution in [1.82, 2.24) is 38.8 Å². The van der Waals surface area contributed by atoms with E-state index >= 15 is 0 Å². The van der Waals surface area contributed by atoms with Gasteiger partial charge in [0.1, 0.15) is 24.0 Å². The average Bonchev–Trinajstić information content (AvgIpc) is 4.50. The first-order valence-corrected chi connectivity index (χ1v) is 36.1. The molecule has 1 N–H and O–H groups in total. The number of hydrogen-bond donors (Lipinski definition) is 1. The van der Waals surface area contributed by atoms with Gasteiger partial charge < -0.3 is 22.4 Å². The summed E-state index contributed by atoms with van der Waals surface area (Å²) in [6.45, 7) is 74.3. The Labute approximate surface area is 566 Å². The van der Waals surface area contributed by atoms with Crippen LogP contribution in [0.3, 0.4) is 0 Å². The first-order valence-electron chi connectivity index (χ1n) is 33.7. The zero-order valence-electron chi connectivity index (χ0n) is 64.1. The average molecular weight is 1320 g/mol. The van der Waals surface area contributed by atoms with Crippen LogP contribution in [0.15, 0.2) is 144 Å². The second kappa shape index (κ2) is 79.4. The predicted octanol–water partition coefficient (Wildman–Crippen LogP) is 27.8. The summed E-state index contributed by atoms with van der Waals surface area (Å²) in [5.41, 5.74) is 7.19. The molecule has 0 fully saturated rings. The maximum absolute atomic E-state index is 5.09. The number of H-pyrrole nitrogens is 1. The van der Waals surface area contributed by atoms with Gasteiger partial charge in [0.05, 0.1) is 42.6 Å². The van der Waals surface area contributed by atoms with E-state index in [9.17, 15) is 0 Å². The van der Waals surface area contributed by atoms with Gasteiger partial charge in [0.25, 0.3) is 0 Å². The van der Waals surface area contributed by atoms with Gasteiger partial charge in [0.15, 0.2) is 0 Å². The smallest absolute Gasteiger partial charge is 0.139 e. The van der Waals surface area contributed by atoms with Crippen LogP contribution in [0.2, 0.25) is 0 Å². The second-order valence-corrected chi connectivity index (χ2v) is 21.3. The highest BCUT2D eigenvalue weighted by molar-refractivity contribution is 7.05. The monoisotopic (exact) mass is 1310 g/mol. The molecule has 0 aliphatic carbocycles. The molecule has 0 atom stereocenters. The van der Waals surface area contributed by atoms with Crippen molar-refractivity contribution in [1.29, 1.82) is 0 Å². The van der Waals surface area contributed by atoms with Crippen LogP contribution in [0.5, 0.6) is 0 Å². The number of aromatic nitrogens is 8. The first kappa shape index (κ1) is 103. The third kappa shape index (κ3) is 62.5. The fourth-order valence-corrected chi connectivity index (χ4v) is 6.82. The van der Waals surface area contributed by atoms with E-state index in [4.69, 9.17) is 13.4 Å². The van der Waals surface area contributed by atoms with Crippen LogP contribution in [0.25, 0.3) is 0 Å². The minimum absolute atomic E-state index is 0.456. The van der Waals surface area contributed by atoms with E-state index in [-0.39, 0.29) is 0 Å². The minimum Gasteiger partial charge on any atom is -0.472 e. The van der Waals surface area contributed by atoms with Gasteiger partial charge >= 0.3 is 0 Å². The highest BCUT2D eigenvalue weighted by Crippen LogP contribution is 2.18. The Hall–Kier alpha value is -5.71. The highest BCUT2D eigenvalue weighted by atomic mass is 32.1. The molecule has 0 aliphatic rings. The van der Waals surface area contributed by atoms with Crippen LogP contribution in [0.1, 0.15) is 353 Å². The van der Waals surface area contributed by atoms with Crippen molar-refractivity contribution in [2.75, 3.05) is 0 Å². The van der Waals surface area contributed by atoms with E-state index in [1.54, 1.807) is 61.4 Å². The summed E-state index contributed by atoms with van der Waals surface area (Å²) >= 11 is 4.62. The number of hydrogen-bond acceptors (Lipinski definition) is 15. The number of furan rings is 2. The molecule has 9 rings (SSSR count). The Bertz CT molecular complexity index is 1850. The van der Waals surface area contributed by atoms with E-state index < -0.39 is 0 Å². The van der Waals surface area contributed by atoms with Crippen molar-refractivity contribution in [3.8, 4) is 0 Å². The van der Waals surface area contributed by atoms with Gasteiger partial charge in [-0.25, -0.2) is 8.75 Å². The Kier molecular flexibility index (Phi) is 91.0. The molecule has 0 spiro atoms. The molecule has 0 bridgehead atoms. The van der Waals surface area contributed by atoms with Crippen molar-refractivity contribution in [3.63, 3.8) is 0 Å². The summed E-state index contributed by atoms with van der Waals surface area (Å²) in [5.74, 6) is 7.01. The van der Waals surface area contributed by atoms with Gasteiger partial charge in [-0.3, -0.25) is 5.10 Å². The van der Waals surface area contributed by atoms with Gasteiger partial charge in [-0.05, 0) is 124 Å². The lowest BCUT2D eigenvalue weighted by Crippen LogP contribution is -1.85. The summed E-state index contributed by atoms with van der Waals surface area (Å²) in [6, 6.07) is 15.8. The molecule has 0 aromatic carbocycles. The number of nitrogens with zero attached hydrogens (tertiary/aromatic N) is 7. The Morgan fingerprint density at radius 2 is 0.956 bits per heavy atom. The minimum atomic E-state index is 0.456. The van der Waals surface area contributed by atoms with E-state index in [1.165, 1.54) is 50.5 Å². The molecule has 0 saturated heterocycles. The standard InChI is InChI=1S/2C7H10O.C6H10N2.3C6H9NO.3C6H9NS.9C2H6/c1-6(2)7-3-4-8-5-7;1-6(2)7-4-3-5-8-7;1-5(2)6-3-4-7-8-6;1-5(2)6-3-7-8-4-6;1-5(2)6-3-4-8-7-6;1-5(2)6-3-4-7-8-6;1-5(2)6-3-7-8-4-6;1-5(2)6-3-4-8-7-6;1-5(2)6-3-4-7-8-6;9*1-2/h2*3-6H,1-2H3;3-5H,1-2H3,(H,7,8);6*3-5H,1-2H3;9*1-2H3. The van der Waals surface area contributed by atoms with Crippen molar-refractivity contribution >= 4 is 34.6 Å². The van der Waals surface area contributed by atoms with Crippen LogP contribution >= 0.6 is 34.6 Å². The van der Waals surface area contributed by atoms with Crippen LogP contribution < -0.4 is 0 Å². The van der Waals surface area contributed by atoms with Crippen molar-refractivity contribution in [2.45, 2.75) is 303 Å². The summed E-state index contributed by atoms with van der Waals surface area (Å²) in [7, 11) is 0. The van der Waals surface area contributed by atoms with Crippen molar-refractivity contribution in [2.24, 2.45) is 0 Å². The van der Waals surface area contributed by atoms with Crippen molar-refractivity contribution < 1.29 is 22.4 Å². The largest absolute Gasteiger partial charge is 0.472 e. The van der Waals surface area contributed by atoms with Gasteiger partial charge in [-0.15, -0.1) is 0 Å². The summed E-state index contributed by atoms with van der Waals surface area (Å²) in [6.07, 6.45) is 17.4. The predicted molar refractivity (Wildman–Crippen MR) is 401 cm³/mol. The SMILES string of the molecule is CC.CC.CC.CC.CC.CC.CC.CC.CC.CC(C)c1ccco1.CC(C)c1ccn[nH]1.CC(C)c1ccno1.CC(C)c1ccns1.CC(C)c1ccoc1.CC(C)c1ccon1.CC(C)c1ccsn1.CC(C)c1cnoc1.CC(C)c1cnsc1. The zero-order chi connectivity index (χ0) is 71.8. The molecule has 0 saturated carbocycles. The van der Waals surface area contributed by atoms with E-state index in [0.29, 0.717) is 53.3 Å². The molecule has 0 aliphatic heterocycles. The number of nitrogens with one attached hydrogen (secondary N) is 1. The van der Waals surface area contributed by atoms with Crippen molar-refractivity contribution in [3.05, 3.63) is 172 Å². The maximum atomic E-state index is 5.09. The Morgan fingerprint density at radius 1 is 0.400 bits per heavy atom. The number of rotatable bonds is 9. The molecule has 0 radical (unpaired) electrons. The lowest BCUT2D eigenvalue weighted by Gasteiger charge is -1.95. The molecule has 9 aromatic rings. The summed E-state index contributed by atoms with van der Waals surface area (Å²) in [4.78, 5) is 1.37. The topological polar surface area (TPSA) is 172 Å². The quantitative estimate of drug-likeness (QED) is 0.145. The van der Waals surface area contributed by atoms with Crippen LogP contribution in [-0.2, 0) is 0 Å². The molecular weight excluding hydrogens is 1180 g/mol. The molecule has 9 heterocycles. The third-order valence-electron chi connectivity index (χ3n) is 9.85. The summed E-state index contributed by atoms with van der Waals surface area (Å²) in [5, 5.41) is 21.7. The highest BCUT2D eigenvalue weighted by Gasteiger charge is 2.03. The molecule has 0 unspecified atom stereocenters. The van der Waals surface area contributed by atoms with E-state index in [0.717, 1.165) is 22.8 Å². The lowest BCUT2D eigenvalue weighted by molar-refractivity contribution is 0.371. The Balaban J connectivity index is -0.000000113. The fraction of sp³-hybridized carbons (Fsp3) is 0.608. The fourth-order valence-electron chi connectivity index (χ4n) is 4.89.